The van der Waals surface area contributed by atoms with Crippen LogP contribution < -0.4 is 5.73 Å². The van der Waals surface area contributed by atoms with Crippen LogP contribution in [0.2, 0.25) is 0 Å². The van der Waals surface area contributed by atoms with E-state index in [1.165, 1.54) is 22.3 Å². The second-order valence-corrected chi connectivity index (χ2v) is 5.91. The topological polar surface area (TPSA) is 101 Å². The van der Waals surface area contributed by atoms with E-state index in [0.29, 0.717) is 9.75 Å². The number of thiophene rings is 1. The van der Waals surface area contributed by atoms with Gasteiger partial charge in [-0.05, 0) is 38.5 Å². The number of hydrogen-bond donors (Lipinski definition) is 2. The van der Waals surface area contributed by atoms with Gasteiger partial charge in [-0.2, -0.15) is 0 Å². The molecule has 114 valence electrons. The maximum absolute atomic E-state index is 12.4. The molecule has 1 aromatic rings. The monoisotopic (exact) mass is 310 g/mol. The first kappa shape index (κ1) is 16.9. The summed E-state index contributed by atoms with van der Waals surface area (Å²) in [5.41, 5.74) is 5.97. The fourth-order valence-electron chi connectivity index (χ4n) is 1.71. The Morgan fingerprint density at radius 3 is 2.52 bits per heavy atom. The zero-order valence-corrected chi connectivity index (χ0v) is 12.9. The lowest BCUT2D eigenvalue weighted by atomic mass is 10.2. The van der Waals surface area contributed by atoms with Crippen LogP contribution in [0.1, 0.15) is 34.0 Å². The molecule has 0 fully saturated rings. The molecule has 0 bridgehead atoms. The Morgan fingerprint density at radius 2 is 2.05 bits per heavy atom. The number of nitrogens with two attached hydrogens (primary N) is 1. The van der Waals surface area contributed by atoms with Crippen LogP contribution in [0.25, 0.3) is 6.08 Å². The molecule has 3 N–H and O–H groups in total. The van der Waals surface area contributed by atoms with E-state index in [0.717, 1.165) is 11.6 Å². The summed E-state index contributed by atoms with van der Waals surface area (Å²) in [5.74, 6) is -1.91. The third-order valence-corrected chi connectivity index (χ3v) is 3.94. The van der Waals surface area contributed by atoms with E-state index in [4.69, 9.17) is 10.8 Å². The SMILES string of the molecule is Cc1cc(C(=O)N(CC(N)=O)C(C)C)sc1/C=C/C(=O)O. The first-order valence-electron chi connectivity index (χ1n) is 6.33. The predicted molar refractivity (Wildman–Crippen MR) is 81.1 cm³/mol. The van der Waals surface area contributed by atoms with Crippen LogP contribution in [-0.2, 0) is 9.59 Å². The molecule has 6 nitrogen and oxygen atoms in total. The molecule has 0 atom stereocenters. The van der Waals surface area contributed by atoms with Crippen LogP contribution in [0.15, 0.2) is 12.1 Å². The van der Waals surface area contributed by atoms with E-state index in [2.05, 4.69) is 0 Å². The number of carbonyl (C=O) groups is 3. The summed E-state index contributed by atoms with van der Waals surface area (Å²) in [7, 11) is 0. The Kier molecular flexibility index (Phi) is 5.66. The molecule has 0 aliphatic carbocycles. The van der Waals surface area contributed by atoms with Crippen LogP contribution in [0, 0.1) is 6.92 Å². The molecule has 0 aliphatic heterocycles. The highest BCUT2D eigenvalue weighted by Gasteiger charge is 2.22. The van der Waals surface area contributed by atoms with Gasteiger partial charge in [0, 0.05) is 17.0 Å². The van der Waals surface area contributed by atoms with Crippen molar-refractivity contribution in [2.75, 3.05) is 6.54 Å². The van der Waals surface area contributed by atoms with Gasteiger partial charge in [-0.1, -0.05) is 0 Å². The number of amides is 2. The molecule has 0 saturated carbocycles. The number of primary amides is 1. The van der Waals surface area contributed by atoms with Gasteiger partial charge in [-0.15, -0.1) is 11.3 Å². The molecule has 0 unspecified atom stereocenters. The van der Waals surface area contributed by atoms with Crippen molar-refractivity contribution in [1.82, 2.24) is 4.90 Å². The number of aliphatic carboxylic acids is 1. The standard InChI is InChI=1S/C14H18N2O4S/c1-8(2)16(7-12(15)17)14(20)11-6-9(3)10(21-11)4-5-13(18)19/h4-6,8H,7H2,1-3H3,(H2,15,17)(H,18,19)/b5-4+. The average molecular weight is 310 g/mol. The number of rotatable bonds is 6. The van der Waals surface area contributed by atoms with Crippen molar-refractivity contribution < 1.29 is 19.5 Å². The van der Waals surface area contributed by atoms with Crippen molar-refractivity contribution in [2.45, 2.75) is 26.8 Å². The highest BCUT2D eigenvalue weighted by atomic mass is 32.1. The van der Waals surface area contributed by atoms with Crippen molar-refractivity contribution in [3.05, 3.63) is 27.5 Å². The van der Waals surface area contributed by atoms with Crippen LogP contribution in [0.4, 0.5) is 0 Å². The third-order valence-electron chi connectivity index (χ3n) is 2.75. The van der Waals surface area contributed by atoms with E-state index in [-0.39, 0.29) is 18.5 Å². The molecule has 1 rings (SSSR count). The highest BCUT2D eigenvalue weighted by molar-refractivity contribution is 7.15. The molecule has 1 aromatic heterocycles. The predicted octanol–water partition coefficient (Wildman–Crippen LogP) is 1.49. The summed E-state index contributed by atoms with van der Waals surface area (Å²) in [6.07, 6.45) is 2.48. The van der Waals surface area contributed by atoms with Crippen molar-refractivity contribution in [3.63, 3.8) is 0 Å². The van der Waals surface area contributed by atoms with Crippen molar-refractivity contribution in [3.8, 4) is 0 Å². The molecule has 0 aliphatic rings. The minimum absolute atomic E-state index is 0.145. The van der Waals surface area contributed by atoms with Gasteiger partial charge >= 0.3 is 5.97 Å². The van der Waals surface area contributed by atoms with Gasteiger partial charge in [0.25, 0.3) is 5.91 Å². The first-order valence-corrected chi connectivity index (χ1v) is 7.14. The molecular formula is C14H18N2O4S. The fourth-order valence-corrected chi connectivity index (χ4v) is 2.75. The van der Waals surface area contributed by atoms with Gasteiger partial charge < -0.3 is 15.7 Å². The van der Waals surface area contributed by atoms with Gasteiger partial charge in [0.2, 0.25) is 5.91 Å². The summed E-state index contributed by atoms with van der Waals surface area (Å²) >= 11 is 1.19. The van der Waals surface area contributed by atoms with E-state index in [1.807, 2.05) is 0 Å². The van der Waals surface area contributed by atoms with Crippen LogP contribution in [-0.4, -0.2) is 40.4 Å². The average Bonchev–Trinajstić information content (AvgIpc) is 2.73. The van der Waals surface area contributed by atoms with Crippen LogP contribution in [0.5, 0.6) is 0 Å². The number of carbonyl (C=O) groups excluding carboxylic acids is 2. The number of hydrogen-bond acceptors (Lipinski definition) is 4. The summed E-state index contributed by atoms with van der Waals surface area (Å²) in [6.45, 7) is 5.25. The Bertz CT molecular complexity index is 590. The normalized spacial score (nSPS) is 11.0. The first-order chi connectivity index (χ1) is 9.72. The molecule has 1 heterocycles. The third kappa shape index (κ3) is 4.71. The highest BCUT2D eigenvalue weighted by Crippen LogP contribution is 2.25. The molecule has 0 saturated heterocycles. The van der Waals surface area contributed by atoms with Gasteiger partial charge in [0.05, 0.1) is 11.4 Å². The number of aryl methyl sites for hydroxylation is 1. The Balaban J connectivity index is 3.04. The van der Waals surface area contributed by atoms with E-state index >= 15 is 0 Å². The molecule has 21 heavy (non-hydrogen) atoms. The smallest absolute Gasteiger partial charge is 0.328 e. The van der Waals surface area contributed by atoms with E-state index in [9.17, 15) is 14.4 Å². The summed E-state index contributed by atoms with van der Waals surface area (Å²) in [5, 5.41) is 8.63. The quantitative estimate of drug-likeness (QED) is 0.777. The van der Waals surface area contributed by atoms with E-state index in [1.54, 1.807) is 26.8 Å². The molecular weight excluding hydrogens is 292 g/mol. The zero-order valence-electron chi connectivity index (χ0n) is 12.1. The Labute approximate surface area is 126 Å². The van der Waals surface area contributed by atoms with Gasteiger partial charge in [0.15, 0.2) is 0 Å². The van der Waals surface area contributed by atoms with Crippen molar-refractivity contribution >= 4 is 35.2 Å². The fraction of sp³-hybridized carbons (Fsp3) is 0.357. The zero-order chi connectivity index (χ0) is 16.2. The van der Waals surface area contributed by atoms with Crippen LogP contribution in [0.3, 0.4) is 0 Å². The number of carboxylic acid groups (broad SMARTS) is 1. The molecule has 7 heteroatoms. The number of nitrogens with zero attached hydrogens (tertiary/aromatic N) is 1. The second kappa shape index (κ2) is 7.03. The summed E-state index contributed by atoms with van der Waals surface area (Å²) < 4.78 is 0. The summed E-state index contributed by atoms with van der Waals surface area (Å²) in [6, 6.07) is 1.52. The van der Waals surface area contributed by atoms with Crippen molar-refractivity contribution in [2.24, 2.45) is 5.73 Å². The molecule has 2 amide bonds. The maximum Gasteiger partial charge on any atom is 0.328 e. The molecule has 0 radical (unpaired) electrons. The van der Waals surface area contributed by atoms with Crippen molar-refractivity contribution in [1.29, 1.82) is 0 Å². The lowest BCUT2D eigenvalue weighted by Crippen LogP contribution is -2.42. The second-order valence-electron chi connectivity index (χ2n) is 4.82. The van der Waals surface area contributed by atoms with Crippen LogP contribution >= 0.6 is 11.3 Å². The van der Waals surface area contributed by atoms with Gasteiger partial charge in [-0.3, -0.25) is 9.59 Å². The lowest BCUT2D eigenvalue weighted by molar-refractivity contribution is -0.131. The van der Waals surface area contributed by atoms with Gasteiger partial charge in [0.1, 0.15) is 0 Å². The minimum atomic E-state index is -1.05. The van der Waals surface area contributed by atoms with Gasteiger partial charge in [-0.25, -0.2) is 4.79 Å². The largest absolute Gasteiger partial charge is 0.478 e. The minimum Gasteiger partial charge on any atom is -0.478 e. The van der Waals surface area contributed by atoms with E-state index < -0.39 is 11.9 Å². The Hall–Kier alpha value is -2.15. The summed E-state index contributed by atoms with van der Waals surface area (Å²) in [4.78, 5) is 36.5. The maximum atomic E-state index is 12.4. The lowest BCUT2D eigenvalue weighted by Gasteiger charge is -2.24. The molecule has 0 spiro atoms. The number of carboxylic acids is 1. The Morgan fingerprint density at radius 1 is 1.43 bits per heavy atom. The molecule has 0 aromatic carbocycles.